The lowest BCUT2D eigenvalue weighted by Gasteiger charge is -2.03. The molecule has 1 aromatic rings. The first-order chi connectivity index (χ1) is 7.04. The van der Waals surface area contributed by atoms with Crippen molar-refractivity contribution in [2.75, 3.05) is 7.11 Å². The molecule has 0 aliphatic heterocycles. The van der Waals surface area contributed by atoms with Gasteiger partial charge in [0.05, 0.1) is 7.11 Å². The number of phenolic OH excluding ortho intramolecular Hbond substituents is 1. The number of aromatic hydroxyl groups is 1. The lowest BCUT2D eigenvalue weighted by Crippen LogP contribution is -2.17. The largest absolute Gasteiger partial charge is 0.504 e. The molecule has 4 heteroatoms. The first-order valence-electron chi connectivity index (χ1n) is 4.73. The molecular formula is C11H16NO3+. The molecule has 0 amide bonds. The van der Waals surface area contributed by atoms with E-state index in [-0.39, 0.29) is 11.8 Å². The topological polar surface area (TPSA) is 52.7 Å². The van der Waals surface area contributed by atoms with Gasteiger partial charge >= 0.3 is 0 Å². The molecule has 0 unspecified atom stereocenters. The van der Waals surface area contributed by atoms with Gasteiger partial charge in [-0.2, -0.15) is 0 Å². The van der Waals surface area contributed by atoms with Gasteiger partial charge in [0.2, 0.25) is 6.21 Å². The average molecular weight is 210 g/mol. The average Bonchev–Trinajstić information content (AvgIpc) is 2.20. The van der Waals surface area contributed by atoms with Crippen LogP contribution in [0.1, 0.15) is 19.4 Å². The maximum atomic E-state index is 9.49. The summed E-state index contributed by atoms with van der Waals surface area (Å²) in [6.45, 7) is 3.74. The van der Waals surface area contributed by atoms with E-state index in [4.69, 9.17) is 4.74 Å². The minimum absolute atomic E-state index is 0.00444. The number of hydrogen-bond acceptors (Lipinski definition) is 3. The Morgan fingerprint density at radius 1 is 1.40 bits per heavy atom. The van der Waals surface area contributed by atoms with Crippen LogP contribution in [-0.4, -0.2) is 34.4 Å². The predicted octanol–water partition coefficient (Wildman–Crippen LogP) is 1.63. The molecule has 0 radical (unpaired) electrons. The maximum absolute atomic E-state index is 9.49. The fourth-order valence-corrected chi connectivity index (χ4v) is 1.08. The fourth-order valence-electron chi connectivity index (χ4n) is 1.08. The molecule has 0 aromatic heterocycles. The number of methoxy groups -OCH3 is 1. The zero-order valence-corrected chi connectivity index (χ0v) is 9.14. The van der Waals surface area contributed by atoms with E-state index in [0.29, 0.717) is 5.75 Å². The first-order valence-corrected chi connectivity index (χ1v) is 4.73. The van der Waals surface area contributed by atoms with Gasteiger partial charge in [-0.1, -0.05) is 0 Å². The standard InChI is InChI=1S/C11H15NO3/c1-8(2)12(14)7-9-4-5-10(13)11(6-9)15-3/h4-8,14H,1-3H3/p+1. The van der Waals surface area contributed by atoms with Gasteiger partial charge in [-0.05, 0) is 22.9 Å². The molecule has 1 rings (SSSR count). The van der Waals surface area contributed by atoms with Gasteiger partial charge < -0.3 is 9.84 Å². The molecule has 0 bridgehead atoms. The highest BCUT2D eigenvalue weighted by Gasteiger charge is 2.09. The molecule has 0 fully saturated rings. The van der Waals surface area contributed by atoms with E-state index in [9.17, 15) is 10.3 Å². The number of rotatable bonds is 3. The third-order valence-corrected chi connectivity index (χ3v) is 2.01. The molecule has 82 valence electrons. The van der Waals surface area contributed by atoms with Gasteiger partial charge in [0.1, 0.15) is 0 Å². The molecule has 15 heavy (non-hydrogen) atoms. The van der Waals surface area contributed by atoms with E-state index in [2.05, 4.69) is 0 Å². The van der Waals surface area contributed by atoms with E-state index in [1.807, 2.05) is 13.8 Å². The number of ether oxygens (including phenoxy) is 1. The smallest absolute Gasteiger partial charge is 0.223 e. The van der Waals surface area contributed by atoms with Crippen molar-refractivity contribution < 1.29 is 19.8 Å². The van der Waals surface area contributed by atoms with E-state index in [1.165, 1.54) is 13.2 Å². The van der Waals surface area contributed by atoms with Crippen LogP contribution in [0, 0.1) is 0 Å². The highest BCUT2D eigenvalue weighted by atomic mass is 16.5. The van der Waals surface area contributed by atoms with Crippen LogP contribution < -0.4 is 4.74 Å². The number of nitrogens with zero attached hydrogens (tertiary/aromatic N) is 1. The summed E-state index contributed by atoms with van der Waals surface area (Å²) in [7, 11) is 1.48. The van der Waals surface area contributed by atoms with Crippen molar-refractivity contribution in [2.24, 2.45) is 0 Å². The Bertz CT molecular complexity index is 372. The van der Waals surface area contributed by atoms with Crippen LogP contribution in [0.15, 0.2) is 18.2 Å². The molecule has 2 N–H and O–H groups in total. The monoisotopic (exact) mass is 210 g/mol. The molecule has 0 heterocycles. The molecule has 0 spiro atoms. The van der Waals surface area contributed by atoms with Gasteiger partial charge in [0, 0.05) is 19.4 Å². The molecule has 4 nitrogen and oxygen atoms in total. The highest BCUT2D eigenvalue weighted by molar-refractivity contribution is 5.77. The molecule has 0 saturated heterocycles. The zero-order valence-electron chi connectivity index (χ0n) is 9.14. The van der Waals surface area contributed by atoms with E-state index in [1.54, 1.807) is 18.3 Å². The van der Waals surface area contributed by atoms with Gasteiger partial charge in [-0.3, -0.25) is 5.21 Å². The van der Waals surface area contributed by atoms with Crippen molar-refractivity contribution in [3.8, 4) is 11.5 Å². The van der Waals surface area contributed by atoms with Crippen molar-refractivity contribution in [1.29, 1.82) is 0 Å². The summed E-state index contributed by atoms with van der Waals surface area (Å²) in [6, 6.07) is 4.88. The molecule has 0 atom stereocenters. The van der Waals surface area contributed by atoms with Crippen LogP contribution in [0.25, 0.3) is 0 Å². The normalized spacial score (nSPS) is 11.9. The van der Waals surface area contributed by atoms with Crippen molar-refractivity contribution in [2.45, 2.75) is 19.9 Å². The van der Waals surface area contributed by atoms with E-state index < -0.39 is 0 Å². The van der Waals surface area contributed by atoms with E-state index in [0.717, 1.165) is 10.3 Å². The Morgan fingerprint density at radius 3 is 2.60 bits per heavy atom. The summed E-state index contributed by atoms with van der Waals surface area (Å²) in [6.07, 6.45) is 1.58. The minimum Gasteiger partial charge on any atom is -0.504 e. The van der Waals surface area contributed by atoms with Crippen LogP contribution in [-0.2, 0) is 0 Å². The fraction of sp³-hybridized carbons (Fsp3) is 0.364. The van der Waals surface area contributed by atoms with Crippen LogP contribution in [0.5, 0.6) is 11.5 Å². The Balaban J connectivity index is 3.02. The quantitative estimate of drug-likeness (QED) is 0.345. The SMILES string of the molecule is COc1cc(/C=[N+](/O)C(C)C)ccc1O. The first kappa shape index (κ1) is 11.4. The molecule has 1 aromatic carbocycles. The second kappa shape index (κ2) is 4.68. The zero-order chi connectivity index (χ0) is 11.4. The molecule has 0 aliphatic rings. The van der Waals surface area contributed by atoms with Crippen molar-refractivity contribution in [3.05, 3.63) is 23.8 Å². The predicted molar refractivity (Wildman–Crippen MR) is 57.0 cm³/mol. The summed E-state index contributed by atoms with van der Waals surface area (Å²) in [5.41, 5.74) is 0.765. The third kappa shape index (κ3) is 2.87. The Labute approximate surface area is 89.0 Å². The number of benzene rings is 1. The van der Waals surface area contributed by atoms with Gasteiger partial charge in [0.25, 0.3) is 0 Å². The van der Waals surface area contributed by atoms with Crippen molar-refractivity contribution in [3.63, 3.8) is 0 Å². The van der Waals surface area contributed by atoms with Crippen LogP contribution in [0.2, 0.25) is 0 Å². The second-order valence-corrected chi connectivity index (χ2v) is 3.53. The second-order valence-electron chi connectivity index (χ2n) is 3.53. The molecule has 0 saturated carbocycles. The van der Waals surface area contributed by atoms with Crippen LogP contribution in [0.3, 0.4) is 0 Å². The van der Waals surface area contributed by atoms with Crippen LogP contribution >= 0.6 is 0 Å². The minimum atomic E-state index is 0.00444. The summed E-state index contributed by atoms with van der Waals surface area (Å²) in [5.74, 6) is 0.476. The third-order valence-electron chi connectivity index (χ3n) is 2.01. The number of hydrogen-bond donors (Lipinski definition) is 2. The van der Waals surface area contributed by atoms with Crippen LogP contribution in [0.4, 0.5) is 0 Å². The van der Waals surface area contributed by atoms with Crippen molar-refractivity contribution >= 4 is 6.21 Å². The summed E-state index contributed by atoms with van der Waals surface area (Å²) < 4.78 is 6.06. The van der Waals surface area contributed by atoms with E-state index >= 15 is 0 Å². The Kier molecular flexibility index (Phi) is 3.55. The molecule has 0 aliphatic carbocycles. The lowest BCUT2D eigenvalue weighted by molar-refractivity contribution is -0.791. The van der Waals surface area contributed by atoms with Gasteiger partial charge in [-0.15, -0.1) is 0 Å². The Morgan fingerprint density at radius 2 is 2.07 bits per heavy atom. The van der Waals surface area contributed by atoms with Gasteiger partial charge in [-0.25, -0.2) is 0 Å². The lowest BCUT2D eigenvalue weighted by atomic mass is 10.2. The summed E-state index contributed by atoms with van der Waals surface area (Å²) in [5, 5.41) is 18.9. The number of phenols is 1. The van der Waals surface area contributed by atoms with Gasteiger partial charge in [0.15, 0.2) is 17.5 Å². The molecular weight excluding hydrogens is 194 g/mol. The number of hydroxylamine groups is 1. The summed E-state index contributed by atoms with van der Waals surface area (Å²) >= 11 is 0. The Hall–Kier alpha value is -1.71. The van der Waals surface area contributed by atoms with Crippen molar-refractivity contribution in [1.82, 2.24) is 0 Å². The maximum Gasteiger partial charge on any atom is 0.223 e. The highest BCUT2D eigenvalue weighted by Crippen LogP contribution is 2.25. The summed E-state index contributed by atoms with van der Waals surface area (Å²) in [4.78, 5) is 0.